The van der Waals surface area contributed by atoms with Gasteiger partial charge in [-0.05, 0) is 38.6 Å². The van der Waals surface area contributed by atoms with Crippen molar-refractivity contribution in [3.8, 4) is 0 Å². The molecule has 0 aromatic heterocycles. The second kappa shape index (κ2) is 7.71. The lowest BCUT2D eigenvalue weighted by atomic mass is 9.93. The van der Waals surface area contributed by atoms with E-state index in [1.165, 1.54) is 31.9 Å². The summed E-state index contributed by atoms with van der Waals surface area (Å²) in [6.45, 7) is 5.31. The van der Waals surface area contributed by atoms with Crippen LogP contribution in [0.5, 0.6) is 0 Å². The maximum absolute atomic E-state index is 5.34. The van der Waals surface area contributed by atoms with Crippen molar-refractivity contribution in [1.82, 2.24) is 5.32 Å². The van der Waals surface area contributed by atoms with E-state index in [1.54, 1.807) is 0 Å². The third-order valence-electron chi connectivity index (χ3n) is 3.00. The zero-order chi connectivity index (χ0) is 10.9. The Morgan fingerprint density at radius 3 is 2.67 bits per heavy atom. The van der Waals surface area contributed by atoms with E-state index in [-0.39, 0.29) is 0 Å². The Morgan fingerprint density at radius 1 is 1.33 bits per heavy atom. The average Bonchev–Trinajstić information content (AvgIpc) is 2.30. The number of methoxy groups -OCH3 is 1. The van der Waals surface area contributed by atoms with Gasteiger partial charge in [-0.15, -0.1) is 0 Å². The second-order valence-electron chi connectivity index (χ2n) is 4.05. The van der Waals surface area contributed by atoms with Gasteiger partial charge in [-0.3, -0.25) is 0 Å². The number of hydrogen-bond acceptors (Lipinski definition) is 3. The molecule has 88 valence electrons. The van der Waals surface area contributed by atoms with Gasteiger partial charge >= 0.3 is 0 Å². The zero-order valence-corrected chi connectivity index (χ0v) is 9.71. The van der Waals surface area contributed by atoms with Crippen molar-refractivity contribution in [2.45, 2.75) is 44.2 Å². The van der Waals surface area contributed by atoms with Crippen molar-refractivity contribution >= 4 is 0 Å². The number of rotatable bonds is 7. The molecule has 3 heteroatoms. The molecule has 0 bridgehead atoms. The normalized spacial score (nSPS) is 26.2. The van der Waals surface area contributed by atoms with Crippen LogP contribution in [-0.2, 0) is 9.47 Å². The van der Waals surface area contributed by atoms with Gasteiger partial charge < -0.3 is 14.8 Å². The summed E-state index contributed by atoms with van der Waals surface area (Å²) >= 11 is 0. The van der Waals surface area contributed by atoms with Gasteiger partial charge in [0.1, 0.15) is 0 Å². The first-order valence-electron chi connectivity index (χ1n) is 5.85. The zero-order valence-electron chi connectivity index (χ0n) is 9.71. The fourth-order valence-electron chi connectivity index (χ4n) is 2.05. The summed E-state index contributed by atoms with van der Waals surface area (Å²) in [6.07, 6.45) is 7.91. The molecule has 1 aliphatic rings. The van der Waals surface area contributed by atoms with E-state index >= 15 is 0 Å². The third-order valence-corrected chi connectivity index (χ3v) is 3.00. The number of nitrogens with one attached hydrogen (secondary N) is 1. The fraction of sp³-hybridized carbons (Fsp3) is 0.833. The molecule has 0 amide bonds. The number of ether oxygens (including phenoxy) is 2. The monoisotopic (exact) mass is 213 g/mol. The molecular weight excluding hydrogens is 190 g/mol. The quantitative estimate of drug-likeness (QED) is 0.519. The Hall–Kier alpha value is -0.540. The summed E-state index contributed by atoms with van der Waals surface area (Å²) < 4.78 is 10.4. The van der Waals surface area contributed by atoms with Crippen molar-refractivity contribution < 1.29 is 9.47 Å². The van der Waals surface area contributed by atoms with Crippen LogP contribution in [0.4, 0.5) is 0 Å². The maximum atomic E-state index is 5.34. The van der Waals surface area contributed by atoms with E-state index in [2.05, 4.69) is 11.9 Å². The van der Waals surface area contributed by atoms with Crippen molar-refractivity contribution in [2.24, 2.45) is 0 Å². The van der Waals surface area contributed by atoms with Crippen molar-refractivity contribution in [3.63, 3.8) is 0 Å². The van der Waals surface area contributed by atoms with Gasteiger partial charge in [0.25, 0.3) is 0 Å². The Morgan fingerprint density at radius 2 is 2.07 bits per heavy atom. The van der Waals surface area contributed by atoms with Gasteiger partial charge in [-0.25, -0.2) is 0 Å². The van der Waals surface area contributed by atoms with Crippen LogP contribution in [0.3, 0.4) is 0 Å². The minimum absolute atomic E-state index is 0.493. The van der Waals surface area contributed by atoms with Gasteiger partial charge in [-0.1, -0.05) is 6.58 Å². The topological polar surface area (TPSA) is 30.5 Å². The largest absolute Gasteiger partial charge is 0.502 e. The molecule has 0 heterocycles. The Balaban J connectivity index is 1.96. The SMILES string of the molecule is C=COCCCNC1CCC(OC)CC1. The molecule has 0 spiro atoms. The van der Waals surface area contributed by atoms with Gasteiger partial charge in [0.15, 0.2) is 0 Å². The highest BCUT2D eigenvalue weighted by Crippen LogP contribution is 2.20. The molecule has 0 unspecified atom stereocenters. The van der Waals surface area contributed by atoms with E-state index in [1.807, 2.05) is 7.11 Å². The molecule has 0 aromatic carbocycles. The van der Waals surface area contributed by atoms with E-state index in [0.29, 0.717) is 12.1 Å². The van der Waals surface area contributed by atoms with Gasteiger partial charge in [-0.2, -0.15) is 0 Å². The van der Waals surface area contributed by atoms with Crippen LogP contribution in [-0.4, -0.2) is 32.4 Å². The predicted molar refractivity (Wildman–Crippen MR) is 61.8 cm³/mol. The van der Waals surface area contributed by atoms with Crippen LogP contribution in [0.1, 0.15) is 32.1 Å². The lowest BCUT2D eigenvalue weighted by Crippen LogP contribution is -2.35. The minimum Gasteiger partial charge on any atom is -0.502 e. The first kappa shape index (κ1) is 12.5. The molecule has 1 fully saturated rings. The number of hydrogen-bond donors (Lipinski definition) is 1. The molecule has 1 rings (SSSR count). The van der Waals surface area contributed by atoms with Crippen LogP contribution < -0.4 is 5.32 Å². The molecule has 1 saturated carbocycles. The second-order valence-corrected chi connectivity index (χ2v) is 4.05. The Kier molecular flexibility index (Phi) is 6.44. The first-order chi connectivity index (χ1) is 7.36. The van der Waals surface area contributed by atoms with E-state index < -0.39 is 0 Å². The average molecular weight is 213 g/mol. The van der Waals surface area contributed by atoms with Gasteiger partial charge in [0, 0.05) is 13.2 Å². The summed E-state index contributed by atoms with van der Waals surface area (Å²) in [4.78, 5) is 0. The summed E-state index contributed by atoms with van der Waals surface area (Å²) in [7, 11) is 1.81. The minimum atomic E-state index is 0.493. The molecule has 0 aliphatic heterocycles. The highest BCUT2D eigenvalue weighted by atomic mass is 16.5. The smallest absolute Gasteiger partial charge is 0.0885 e. The van der Waals surface area contributed by atoms with E-state index in [4.69, 9.17) is 9.47 Å². The standard InChI is InChI=1S/C12H23NO2/c1-3-15-10-4-9-13-11-5-7-12(14-2)8-6-11/h3,11-13H,1,4-10H2,2H3. The van der Waals surface area contributed by atoms with Gasteiger partial charge in [0.2, 0.25) is 0 Å². The molecule has 1 aliphatic carbocycles. The summed E-state index contributed by atoms with van der Waals surface area (Å²) in [6, 6.07) is 0.681. The van der Waals surface area contributed by atoms with Crippen LogP contribution in [0.15, 0.2) is 12.8 Å². The maximum Gasteiger partial charge on any atom is 0.0885 e. The van der Waals surface area contributed by atoms with Crippen LogP contribution in [0.25, 0.3) is 0 Å². The molecule has 0 aromatic rings. The van der Waals surface area contributed by atoms with Crippen LogP contribution in [0.2, 0.25) is 0 Å². The summed E-state index contributed by atoms with van der Waals surface area (Å²) in [5, 5.41) is 3.56. The molecule has 15 heavy (non-hydrogen) atoms. The summed E-state index contributed by atoms with van der Waals surface area (Å²) in [5.41, 5.74) is 0. The van der Waals surface area contributed by atoms with E-state index in [9.17, 15) is 0 Å². The first-order valence-corrected chi connectivity index (χ1v) is 5.85. The molecule has 0 radical (unpaired) electrons. The van der Waals surface area contributed by atoms with E-state index in [0.717, 1.165) is 19.6 Å². The Labute approximate surface area is 92.8 Å². The van der Waals surface area contributed by atoms with Crippen molar-refractivity contribution in [2.75, 3.05) is 20.3 Å². The highest BCUT2D eigenvalue weighted by molar-refractivity contribution is 4.77. The highest BCUT2D eigenvalue weighted by Gasteiger charge is 2.19. The fourth-order valence-corrected chi connectivity index (χ4v) is 2.05. The molecule has 0 saturated heterocycles. The third kappa shape index (κ3) is 5.19. The van der Waals surface area contributed by atoms with Crippen LogP contribution in [0, 0.1) is 0 Å². The molecule has 0 atom stereocenters. The van der Waals surface area contributed by atoms with Crippen LogP contribution >= 0.6 is 0 Å². The molecule has 3 nitrogen and oxygen atoms in total. The van der Waals surface area contributed by atoms with Crippen molar-refractivity contribution in [1.29, 1.82) is 0 Å². The molecule has 1 N–H and O–H groups in total. The van der Waals surface area contributed by atoms with Crippen molar-refractivity contribution in [3.05, 3.63) is 12.8 Å². The lowest BCUT2D eigenvalue weighted by Gasteiger charge is -2.28. The van der Waals surface area contributed by atoms with Gasteiger partial charge in [0.05, 0.1) is 19.0 Å². The summed E-state index contributed by atoms with van der Waals surface area (Å²) in [5.74, 6) is 0. The Bertz CT molecular complexity index is 165. The lowest BCUT2D eigenvalue weighted by molar-refractivity contribution is 0.0624. The molecular formula is C12H23NO2. The predicted octanol–water partition coefficient (Wildman–Crippen LogP) is 2.08.